The summed E-state index contributed by atoms with van der Waals surface area (Å²) in [5.74, 6) is 1.56. The van der Waals surface area contributed by atoms with E-state index in [1.165, 1.54) is 0 Å². The minimum atomic E-state index is 0.619. The monoisotopic (exact) mass is 354 g/mol. The molecule has 0 spiro atoms. The molecule has 0 unspecified atom stereocenters. The van der Waals surface area contributed by atoms with Gasteiger partial charge in [0.1, 0.15) is 5.75 Å². The number of hydrogen-bond donors (Lipinski definition) is 0. The lowest BCUT2D eigenvalue weighted by Gasteiger charge is -2.15. The molecule has 0 amide bonds. The molecule has 124 valence electrons. The van der Waals surface area contributed by atoms with Crippen molar-refractivity contribution in [3.8, 4) is 44.9 Å². The number of fused-ring (bicyclic) bond motifs is 5. The van der Waals surface area contributed by atoms with Gasteiger partial charge in [-0.25, -0.2) is 0 Å². The maximum absolute atomic E-state index is 6.52. The van der Waals surface area contributed by atoms with Gasteiger partial charge in [0.25, 0.3) is 0 Å². The van der Waals surface area contributed by atoms with E-state index in [-0.39, 0.29) is 0 Å². The van der Waals surface area contributed by atoms with Crippen molar-refractivity contribution < 1.29 is 4.74 Å². The van der Waals surface area contributed by atoms with Gasteiger partial charge in [0.05, 0.1) is 5.02 Å². The van der Waals surface area contributed by atoms with Crippen molar-refractivity contribution in [2.24, 2.45) is 0 Å². The SMILES string of the molecule is Clc1cccc2c1Oc1c(-c3ccccc3)cccc1-c1ccccc1-2. The molecule has 4 aromatic carbocycles. The van der Waals surface area contributed by atoms with Crippen LogP contribution in [0.5, 0.6) is 11.5 Å². The van der Waals surface area contributed by atoms with Crippen LogP contribution >= 0.6 is 11.6 Å². The lowest BCUT2D eigenvalue weighted by Crippen LogP contribution is -1.91. The second-order valence-corrected chi connectivity index (χ2v) is 6.72. The van der Waals surface area contributed by atoms with Gasteiger partial charge in [-0.3, -0.25) is 0 Å². The second-order valence-electron chi connectivity index (χ2n) is 6.31. The summed E-state index contributed by atoms with van der Waals surface area (Å²) in [5.41, 5.74) is 6.57. The summed E-state index contributed by atoms with van der Waals surface area (Å²) in [4.78, 5) is 0. The molecule has 0 atom stereocenters. The summed E-state index contributed by atoms with van der Waals surface area (Å²) in [5, 5.41) is 0.619. The molecule has 1 aliphatic rings. The van der Waals surface area contributed by atoms with Crippen molar-refractivity contribution >= 4 is 11.6 Å². The average Bonchev–Trinajstić information content (AvgIpc) is 2.84. The van der Waals surface area contributed by atoms with E-state index in [2.05, 4.69) is 60.7 Å². The van der Waals surface area contributed by atoms with E-state index in [0.717, 1.165) is 39.1 Å². The van der Waals surface area contributed by atoms with E-state index in [9.17, 15) is 0 Å². The molecule has 0 saturated heterocycles. The van der Waals surface area contributed by atoms with Gasteiger partial charge >= 0.3 is 0 Å². The summed E-state index contributed by atoms with van der Waals surface area (Å²) in [6.07, 6.45) is 0. The Labute approximate surface area is 157 Å². The van der Waals surface area contributed by atoms with Gasteiger partial charge in [0, 0.05) is 16.7 Å². The predicted octanol–water partition coefficient (Wildman–Crippen LogP) is 7.45. The van der Waals surface area contributed by atoms with E-state index >= 15 is 0 Å². The highest BCUT2D eigenvalue weighted by molar-refractivity contribution is 6.32. The lowest BCUT2D eigenvalue weighted by atomic mass is 9.92. The first-order valence-electron chi connectivity index (χ1n) is 8.57. The molecule has 0 fully saturated rings. The zero-order chi connectivity index (χ0) is 17.5. The van der Waals surface area contributed by atoms with Crippen molar-refractivity contribution in [3.05, 3.63) is 96.0 Å². The van der Waals surface area contributed by atoms with Gasteiger partial charge in [-0.1, -0.05) is 96.5 Å². The van der Waals surface area contributed by atoms with E-state index in [1.54, 1.807) is 0 Å². The van der Waals surface area contributed by atoms with E-state index in [4.69, 9.17) is 16.3 Å². The van der Waals surface area contributed by atoms with Gasteiger partial charge in [-0.15, -0.1) is 0 Å². The van der Waals surface area contributed by atoms with Crippen LogP contribution in [0.4, 0.5) is 0 Å². The molecule has 4 aromatic rings. The van der Waals surface area contributed by atoms with Gasteiger partial charge in [0.2, 0.25) is 0 Å². The molecule has 26 heavy (non-hydrogen) atoms. The summed E-state index contributed by atoms with van der Waals surface area (Å²) in [6.45, 7) is 0. The first kappa shape index (κ1) is 15.2. The van der Waals surface area contributed by atoms with Crippen molar-refractivity contribution in [2.75, 3.05) is 0 Å². The molecule has 0 N–H and O–H groups in total. The Morgan fingerprint density at radius 3 is 1.73 bits per heavy atom. The second kappa shape index (κ2) is 6.05. The number of hydrogen-bond acceptors (Lipinski definition) is 1. The Morgan fingerprint density at radius 2 is 1.00 bits per heavy atom. The first-order chi connectivity index (χ1) is 12.8. The van der Waals surface area contributed by atoms with Crippen LogP contribution in [-0.2, 0) is 0 Å². The predicted molar refractivity (Wildman–Crippen MR) is 108 cm³/mol. The molecule has 0 radical (unpaired) electrons. The number of ether oxygens (including phenoxy) is 1. The summed E-state index contributed by atoms with van der Waals surface area (Å²) >= 11 is 6.52. The normalized spacial score (nSPS) is 11.6. The molecular weight excluding hydrogens is 340 g/mol. The highest BCUT2D eigenvalue weighted by atomic mass is 35.5. The van der Waals surface area contributed by atoms with Crippen LogP contribution in [0.1, 0.15) is 0 Å². The van der Waals surface area contributed by atoms with Crippen LogP contribution in [0.3, 0.4) is 0 Å². The topological polar surface area (TPSA) is 9.23 Å². The number of halogens is 1. The summed E-state index contributed by atoms with van der Waals surface area (Å²) in [6, 6.07) is 30.9. The van der Waals surface area contributed by atoms with Gasteiger partial charge in [-0.05, 0) is 22.8 Å². The lowest BCUT2D eigenvalue weighted by molar-refractivity contribution is 0.490. The van der Waals surface area contributed by atoms with Crippen LogP contribution in [0, 0.1) is 0 Å². The molecule has 2 heteroatoms. The van der Waals surface area contributed by atoms with Gasteiger partial charge < -0.3 is 4.74 Å². The first-order valence-corrected chi connectivity index (χ1v) is 8.95. The van der Waals surface area contributed by atoms with Crippen LogP contribution in [-0.4, -0.2) is 0 Å². The maximum Gasteiger partial charge on any atom is 0.153 e. The minimum absolute atomic E-state index is 0.619. The third kappa shape index (κ3) is 2.33. The third-order valence-corrected chi connectivity index (χ3v) is 5.08. The number of rotatable bonds is 1. The summed E-state index contributed by atoms with van der Waals surface area (Å²) < 4.78 is 6.47. The van der Waals surface area contributed by atoms with Crippen molar-refractivity contribution in [3.63, 3.8) is 0 Å². The third-order valence-electron chi connectivity index (χ3n) is 4.78. The quantitative estimate of drug-likeness (QED) is 0.304. The standard InChI is InChI=1S/C24H15ClO/c25-22-15-7-14-21-19-11-5-4-10-18(19)20-13-6-12-17(23(20)26-24(21)22)16-8-2-1-3-9-16/h1-15H. The molecule has 1 aliphatic heterocycles. The average molecular weight is 355 g/mol. The molecular formula is C24H15ClO. The zero-order valence-corrected chi connectivity index (χ0v) is 14.7. The Hall–Kier alpha value is -3.03. The fourth-order valence-electron chi connectivity index (χ4n) is 3.58. The molecule has 0 saturated carbocycles. The Kier molecular flexibility index (Phi) is 3.55. The molecule has 1 heterocycles. The highest BCUT2D eigenvalue weighted by Gasteiger charge is 2.24. The summed E-state index contributed by atoms with van der Waals surface area (Å²) in [7, 11) is 0. The maximum atomic E-state index is 6.52. The molecule has 0 aromatic heterocycles. The number of benzene rings is 4. The molecule has 0 aliphatic carbocycles. The number of para-hydroxylation sites is 2. The van der Waals surface area contributed by atoms with Crippen molar-refractivity contribution in [1.29, 1.82) is 0 Å². The minimum Gasteiger partial charge on any atom is -0.454 e. The van der Waals surface area contributed by atoms with Crippen LogP contribution in [0.2, 0.25) is 5.02 Å². The highest BCUT2D eigenvalue weighted by Crippen LogP contribution is 2.51. The van der Waals surface area contributed by atoms with Crippen LogP contribution in [0.25, 0.3) is 33.4 Å². The Balaban J connectivity index is 1.88. The van der Waals surface area contributed by atoms with Gasteiger partial charge in [-0.2, -0.15) is 0 Å². The van der Waals surface area contributed by atoms with Crippen molar-refractivity contribution in [1.82, 2.24) is 0 Å². The molecule has 1 nitrogen and oxygen atoms in total. The Morgan fingerprint density at radius 1 is 0.462 bits per heavy atom. The van der Waals surface area contributed by atoms with Crippen LogP contribution in [0.15, 0.2) is 91.0 Å². The zero-order valence-electron chi connectivity index (χ0n) is 13.9. The molecule has 0 bridgehead atoms. The van der Waals surface area contributed by atoms with E-state index in [0.29, 0.717) is 10.8 Å². The van der Waals surface area contributed by atoms with Gasteiger partial charge in [0.15, 0.2) is 5.75 Å². The van der Waals surface area contributed by atoms with E-state index in [1.807, 2.05) is 30.3 Å². The Bertz CT molecular complexity index is 1120. The van der Waals surface area contributed by atoms with Crippen LogP contribution < -0.4 is 4.74 Å². The van der Waals surface area contributed by atoms with E-state index < -0.39 is 0 Å². The largest absolute Gasteiger partial charge is 0.454 e. The fraction of sp³-hybridized carbons (Fsp3) is 0. The van der Waals surface area contributed by atoms with Crippen molar-refractivity contribution in [2.45, 2.75) is 0 Å². The molecule has 5 rings (SSSR count). The smallest absolute Gasteiger partial charge is 0.153 e. The fourth-order valence-corrected chi connectivity index (χ4v) is 3.80.